The van der Waals surface area contributed by atoms with Crippen molar-refractivity contribution < 1.29 is 33.0 Å². The van der Waals surface area contributed by atoms with E-state index in [1.807, 2.05) is 30.5 Å². The number of hydrogen-bond donors (Lipinski definition) is 0. The number of rotatable bonds is 7. The summed E-state index contributed by atoms with van der Waals surface area (Å²) in [7, 11) is -1.34. The molecule has 1 radical (unpaired) electrons. The molecule has 0 saturated heterocycles. The summed E-state index contributed by atoms with van der Waals surface area (Å²) in [6.45, 7) is 23.1. The van der Waals surface area contributed by atoms with Crippen molar-refractivity contribution in [3.05, 3.63) is 186 Å². The number of imidazole rings is 1. The molecule has 0 bridgehead atoms. The van der Waals surface area contributed by atoms with Crippen LogP contribution in [0.4, 0.5) is 4.39 Å². The molecule has 4 aromatic heterocycles. The van der Waals surface area contributed by atoms with Crippen molar-refractivity contribution in [1.82, 2.24) is 19.5 Å². The molecule has 0 N–H and O–H groups in total. The molecule has 0 spiro atoms. The van der Waals surface area contributed by atoms with E-state index in [4.69, 9.17) is 13.5 Å². The van der Waals surface area contributed by atoms with Crippen LogP contribution in [-0.2, 0) is 30.9 Å². The molecule has 0 aliphatic heterocycles. The number of aromatic nitrogens is 4. The van der Waals surface area contributed by atoms with Gasteiger partial charge in [0.05, 0.1) is 30.5 Å². The van der Waals surface area contributed by atoms with Crippen LogP contribution in [0.1, 0.15) is 99.3 Å². The van der Waals surface area contributed by atoms with Crippen LogP contribution in [0.5, 0.6) is 0 Å². The fraction of sp³-hybridized carbons (Fsp3) is 0.254. The van der Waals surface area contributed by atoms with E-state index >= 15 is 0 Å². The Labute approximate surface area is 437 Å². The summed E-state index contributed by atoms with van der Waals surface area (Å²) in [5.41, 5.74) is 16.3. The van der Waals surface area contributed by atoms with Crippen LogP contribution >= 0.6 is 0 Å². The Kier molecular flexibility index (Phi) is 12.1. The molecule has 5 nitrogen and oxygen atoms in total. The van der Waals surface area contributed by atoms with Gasteiger partial charge in [-0.3, -0.25) is 9.37 Å². The molecular weight excluding hydrogens is 1070 g/mol. The van der Waals surface area contributed by atoms with E-state index in [1.165, 1.54) is 61.8 Å². The minimum absolute atomic E-state index is 0. The second kappa shape index (κ2) is 18.7. The van der Waals surface area contributed by atoms with Gasteiger partial charge in [0.25, 0.3) is 0 Å². The number of halogens is 1. The zero-order valence-corrected chi connectivity index (χ0v) is 45.7. The molecule has 0 fully saturated rings. The fourth-order valence-electron chi connectivity index (χ4n) is 10.2. The number of para-hydroxylation sites is 2. The first-order chi connectivity index (χ1) is 34.5. The smallest absolute Gasteiger partial charge is 0.216 e. The van der Waals surface area contributed by atoms with E-state index < -0.39 is 14.9 Å². The largest absolute Gasteiger partial charge is 0.486 e. The summed E-state index contributed by atoms with van der Waals surface area (Å²) in [6, 6.07) is 51.2. The molecule has 1 aliphatic rings. The first-order valence-electron chi connectivity index (χ1n) is 25.8. The molecule has 10 aromatic rings. The van der Waals surface area contributed by atoms with Crippen molar-refractivity contribution in [2.24, 2.45) is 0 Å². The maximum Gasteiger partial charge on any atom is 0.216 e. The van der Waals surface area contributed by atoms with Crippen LogP contribution < -0.4 is 5.19 Å². The van der Waals surface area contributed by atoms with Crippen LogP contribution in [0.15, 0.2) is 144 Å². The molecule has 0 amide bonds. The van der Waals surface area contributed by atoms with Gasteiger partial charge in [-0.05, 0) is 128 Å². The molecule has 8 heteroatoms. The van der Waals surface area contributed by atoms with Crippen LogP contribution in [-0.4, -0.2) is 27.6 Å². The molecule has 0 saturated carbocycles. The minimum Gasteiger partial charge on any atom is -0.486 e. The summed E-state index contributed by atoms with van der Waals surface area (Å²) < 4.78 is 45.4. The van der Waals surface area contributed by atoms with Crippen molar-refractivity contribution in [3.63, 3.8) is 0 Å². The van der Waals surface area contributed by atoms with Gasteiger partial charge in [-0.1, -0.05) is 146 Å². The van der Waals surface area contributed by atoms with Crippen molar-refractivity contribution >= 4 is 46.4 Å². The average molecular weight is 1130 g/mol. The van der Waals surface area contributed by atoms with Crippen molar-refractivity contribution in [3.8, 4) is 50.6 Å². The SMILES string of the molecule is C[Si](C)(C)c1ccnc(-c2[c-]cc(F)cc2)c1.[2H]C([2H])([2H])c1ccc2c(n1)oc1c(-c3nc4ccccc4n3-c3c(C(C)C)cc(-c4ccc5c(c4)C(C)(C)C(C)(C)c4ccccc4-5)cc3C(C)C)[c-]ccc12.[Ir]. The standard InChI is InChI=1S/C49H46N3O.C14H15FNSi.Ir/c1-28(2)38-25-32(31-22-24-34-33-15-10-11-18-40(33)48(6,7)49(8,9)41(34)27-31)26-39(29(3)4)44(38)52-43-20-13-12-19-42(43)51-46(52)37-17-14-16-35-36-23-21-30(5)50-47(36)53-45(35)37;1-17(2,3)13-8-9-16-14(10-13)11-4-6-12(15)7-5-11;/h10-16,18-29H,1-9H3;4,6-10H,1-3H3;/q2*-1;/i5D3;;. The summed E-state index contributed by atoms with van der Waals surface area (Å²) in [4.78, 5) is 14.0. The third-order valence-electron chi connectivity index (χ3n) is 14.9. The van der Waals surface area contributed by atoms with Crippen molar-refractivity contribution in [2.45, 2.75) is 105 Å². The predicted molar refractivity (Wildman–Crippen MR) is 292 cm³/mol. The topological polar surface area (TPSA) is 56.7 Å². The second-order valence-corrected chi connectivity index (χ2v) is 26.6. The molecule has 0 atom stereocenters. The third-order valence-corrected chi connectivity index (χ3v) is 16.9. The Hall–Kier alpha value is -6.31. The molecule has 1 aliphatic carbocycles. The number of benzene rings is 6. The zero-order chi connectivity index (χ0) is 51.9. The number of furan rings is 1. The Balaban J connectivity index is 0.000000317. The van der Waals surface area contributed by atoms with Crippen LogP contribution in [0.25, 0.3) is 83.7 Å². The fourth-order valence-corrected chi connectivity index (χ4v) is 11.4. The van der Waals surface area contributed by atoms with E-state index in [2.05, 4.69) is 181 Å². The van der Waals surface area contributed by atoms with E-state index in [-0.39, 0.29) is 60.0 Å². The van der Waals surface area contributed by atoms with Crippen molar-refractivity contribution in [2.75, 3.05) is 0 Å². The van der Waals surface area contributed by atoms with Crippen molar-refractivity contribution in [1.29, 1.82) is 0 Å². The average Bonchev–Trinajstić information content (AvgIpc) is 3.94. The Bertz CT molecular complexity index is 3720. The van der Waals surface area contributed by atoms with Gasteiger partial charge in [0.1, 0.15) is 0 Å². The number of pyridine rings is 2. The summed E-state index contributed by atoms with van der Waals surface area (Å²) >= 11 is 0. The molecule has 6 aromatic carbocycles. The van der Waals surface area contributed by atoms with Gasteiger partial charge in [-0.2, -0.15) is 0 Å². The Morgan fingerprint density at radius 2 is 1.41 bits per heavy atom. The summed E-state index contributed by atoms with van der Waals surface area (Å²) in [6.07, 6.45) is 1.82. The normalized spacial score (nSPS) is 14.6. The van der Waals surface area contributed by atoms with Crippen LogP contribution in [0.2, 0.25) is 19.6 Å². The molecule has 71 heavy (non-hydrogen) atoms. The van der Waals surface area contributed by atoms with E-state index in [9.17, 15) is 4.39 Å². The van der Waals surface area contributed by atoms with Crippen LogP contribution in [0, 0.1) is 24.8 Å². The number of hydrogen-bond acceptors (Lipinski definition) is 4. The van der Waals surface area contributed by atoms with E-state index in [0.29, 0.717) is 17.0 Å². The first kappa shape index (κ1) is 45.8. The molecule has 4 heterocycles. The van der Waals surface area contributed by atoms with E-state index in [1.54, 1.807) is 18.2 Å². The zero-order valence-electron chi connectivity index (χ0n) is 45.3. The number of nitrogens with zero attached hydrogens (tertiary/aromatic N) is 4. The van der Waals surface area contributed by atoms with Gasteiger partial charge >= 0.3 is 0 Å². The number of aryl methyl sites for hydroxylation is 1. The van der Waals surface area contributed by atoms with Gasteiger partial charge in [0.15, 0.2) is 0 Å². The van der Waals surface area contributed by atoms with Gasteiger partial charge < -0.3 is 14.0 Å². The number of fused-ring (bicyclic) bond motifs is 7. The van der Waals surface area contributed by atoms with Gasteiger partial charge in [0, 0.05) is 53.0 Å². The minimum atomic E-state index is -2.35. The second-order valence-electron chi connectivity index (χ2n) is 21.5. The summed E-state index contributed by atoms with van der Waals surface area (Å²) in [5.74, 6) is 0.810. The molecule has 0 unspecified atom stereocenters. The third kappa shape index (κ3) is 8.72. The van der Waals surface area contributed by atoms with Gasteiger partial charge in [-0.15, -0.1) is 48.0 Å². The molecule has 11 rings (SSSR count). The maximum atomic E-state index is 12.8. The molecule has 361 valence electrons. The van der Waals surface area contributed by atoms with Crippen LogP contribution in [0.3, 0.4) is 0 Å². The predicted octanol–water partition coefficient (Wildman–Crippen LogP) is 16.5. The van der Waals surface area contributed by atoms with Gasteiger partial charge in [0.2, 0.25) is 5.71 Å². The maximum absolute atomic E-state index is 12.8. The van der Waals surface area contributed by atoms with Gasteiger partial charge in [-0.25, -0.2) is 4.98 Å². The summed E-state index contributed by atoms with van der Waals surface area (Å²) in [5, 5.41) is 2.93. The Morgan fingerprint density at radius 1 is 0.704 bits per heavy atom. The molecular formula is C63H61FIrN4OSi-2. The van der Waals surface area contributed by atoms with E-state index in [0.717, 1.165) is 38.8 Å². The quantitative estimate of drug-likeness (QED) is 0.118. The first-order valence-corrected chi connectivity index (χ1v) is 27.8. The monoisotopic (exact) mass is 1130 g/mol. The Morgan fingerprint density at radius 3 is 2.11 bits per heavy atom.